The largest absolute Gasteiger partial charge is 0.510 e. The molecule has 2 aromatic rings. The van der Waals surface area contributed by atoms with Crippen LogP contribution in [0.3, 0.4) is 0 Å². The van der Waals surface area contributed by atoms with E-state index < -0.39 is 81.4 Å². The maximum atomic E-state index is 13.8. The maximum Gasteiger partial charge on any atom is 0.255 e. The number of nitrogens with zero attached hydrogens (tertiary/aromatic N) is 1. The predicted octanol–water partition coefficient (Wildman–Crippen LogP) is 0.912. The smallest absolute Gasteiger partial charge is 0.255 e. The van der Waals surface area contributed by atoms with E-state index >= 15 is 0 Å². The van der Waals surface area contributed by atoms with Crippen LogP contribution in [0, 0.1) is 11.8 Å². The number of Topliss-reactive ketones (excluding diaryl/α,β-unsaturated/α-hetero) is 2. The summed E-state index contributed by atoms with van der Waals surface area (Å²) in [5, 5.41) is 56.3. The molecule has 37 heavy (non-hydrogen) atoms. The highest BCUT2D eigenvalue weighted by molar-refractivity contribution is 6.25. The minimum absolute atomic E-state index is 0.172. The lowest BCUT2D eigenvalue weighted by Crippen LogP contribution is -2.68. The number of benzene rings is 1. The zero-order valence-electron chi connectivity index (χ0n) is 20.2. The quantitative estimate of drug-likeness (QED) is 0.323. The highest BCUT2D eigenvalue weighted by atomic mass is 16.4. The highest BCUT2D eigenvalue weighted by Crippen LogP contribution is 2.56. The van der Waals surface area contributed by atoms with E-state index in [1.807, 2.05) is 0 Å². The predicted molar refractivity (Wildman–Crippen MR) is 127 cm³/mol. The van der Waals surface area contributed by atoms with Gasteiger partial charge in [0.15, 0.2) is 11.4 Å². The number of carbonyl (C=O) groups excluding carboxylic acids is 3. The zero-order valence-corrected chi connectivity index (χ0v) is 20.2. The van der Waals surface area contributed by atoms with Crippen LogP contribution in [0.25, 0.3) is 11.3 Å². The second-order valence-electron chi connectivity index (χ2n) is 9.95. The van der Waals surface area contributed by atoms with Gasteiger partial charge < -0.3 is 35.7 Å². The summed E-state index contributed by atoms with van der Waals surface area (Å²) >= 11 is 0. The molecule has 0 spiro atoms. The third-order valence-electron chi connectivity index (χ3n) is 7.90. The average molecular weight is 510 g/mol. The van der Waals surface area contributed by atoms with Gasteiger partial charge in [0, 0.05) is 17.1 Å². The molecule has 0 radical (unpaired) electrons. The number of amides is 1. The number of nitrogens with two attached hydrogens (primary N) is 1. The zero-order chi connectivity index (χ0) is 27.1. The Balaban J connectivity index is 1.82. The van der Waals surface area contributed by atoms with Crippen molar-refractivity contribution in [3.63, 3.8) is 0 Å². The minimum atomic E-state index is -2.95. The molecule has 6 atom stereocenters. The van der Waals surface area contributed by atoms with Gasteiger partial charge in [-0.1, -0.05) is 6.92 Å². The van der Waals surface area contributed by atoms with Crippen molar-refractivity contribution >= 4 is 17.5 Å². The summed E-state index contributed by atoms with van der Waals surface area (Å²) < 4.78 is 5.51. The van der Waals surface area contributed by atoms with Crippen LogP contribution >= 0.6 is 0 Å². The molecule has 0 fully saturated rings. The Morgan fingerprint density at radius 2 is 1.81 bits per heavy atom. The number of fused-ring (bicyclic) bond motifs is 3. The van der Waals surface area contributed by atoms with Crippen molar-refractivity contribution in [1.29, 1.82) is 0 Å². The van der Waals surface area contributed by atoms with Gasteiger partial charge in [-0.25, -0.2) is 0 Å². The number of rotatable bonds is 3. The van der Waals surface area contributed by atoms with E-state index in [9.17, 15) is 39.9 Å². The van der Waals surface area contributed by atoms with Crippen LogP contribution in [0.1, 0.15) is 28.8 Å². The van der Waals surface area contributed by atoms with Gasteiger partial charge in [-0.2, -0.15) is 0 Å². The molecule has 5 rings (SSSR count). The number of aliphatic hydroxyl groups is 4. The molecule has 0 saturated heterocycles. The number of hydrogen-bond acceptors (Lipinski definition) is 10. The number of hydrogen-bond donors (Lipinski definition) is 6. The normalized spacial score (nSPS) is 31.4. The Morgan fingerprint density at radius 1 is 1.14 bits per heavy atom. The molecule has 11 heteroatoms. The summed E-state index contributed by atoms with van der Waals surface area (Å²) in [5.41, 5.74) is 1.64. The van der Waals surface area contributed by atoms with Crippen molar-refractivity contribution in [1.82, 2.24) is 4.90 Å². The number of ketones is 2. The van der Waals surface area contributed by atoms with Crippen LogP contribution in [0.5, 0.6) is 5.75 Å². The SMILES string of the molecule is C[C@H]1c2c(-c3ccco3)ccc(O)c2C(=O)C2=C(O)[C@]3(O)C(=O)C(C(N)=O)=C(O)[C@@H](N(C)C)[C@@H]3[C@@H](O)[C@@H]21. The fraction of sp³-hybridized carbons (Fsp3) is 0.346. The van der Waals surface area contributed by atoms with Gasteiger partial charge >= 0.3 is 0 Å². The minimum Gasteiger partial charge on any atom is -0.510 e. The number of phenols is 1. The second-order valence-corrected chi connectivity index (χ2v) is 9.95. The molecule has 0 bridgehead atoms. The van der Waals surface area contributed by atoms with Crippen LogP contribution in [-0.4, -0.2) is 79.7 Å². The van der Waals surface area contributed by atoms with Crippen LogP contribution < -0.4 is 5.73 Å². The fourth-order valence-electron chi connectivity index (χ4n) is 6.35. The molecule has 0 aliphatic heterocycles. The summed E-state index contributed by atoms with van der Waals surface area (Å²) in [4.78, 5) is 40.6. The molecule has 0 saturated carbocycles. The number of aliphatic hydroxyl groups excluding tert-OH is 3. The maximum absolute atomic E-state index is 13.8. The Labute approximate surface area is 210 Å². The molecule has 3 aliphatic rings. The fourth-order valence-corrected chi connectivity index (χ4v) is 6.35. The van der Waals surface area contributed by atoms with Gasteiger partial charge in [0.1, 0.15) is 28.6 Å². The van der Waals surface area contributed by atoms with Gasteiger partial charge in [-0.3, -0.25) is 19.3 Å². The molecule has 0 unspecified atom stereocenters. The summed E-state index contributed by atoms with van der Waals surface area (Å²) in [6, 6.07) is 4.85. The van der Waals surface area contributed by atoms with Crippen LogP contribution in [0.2, 0.25) is 0 Å². The van der Waals surface area contributed by atoms with E-state index in [1.165, 1.54) is 31.3 Å². The number of likely N-dealkylation sites (N-methyl/N-ethyl adjacent to an activating group) is 1. The first-order valence-electron chi connectivity index (χ1n) is 11.6. The van der Waals surface area contributed by atoms with E-state index in [2.05, 4.69) is 0 Å². The first-order chi connectivity index (χ1) is 17.3. The topological polar surface area (TPSA) is 195 Å². The molecule has 7 N–H and O–H groups in total. The van der Waals surface area contributed by atoms with Gasteiger partial charge in [0.25, 0.3) is 5.91 Å². The van der Waals surface area contributed by atoms with Gasteiger partial charge in [-0.15, -0.1) is 0 Å². The number of primary amides is 1. The van der Waals surface area contributed by atoms with Crippen LogP contribution in [-0.2, 0) is 9.59 Å². The monoisotopic (exact) mass is 510 g/mol. The Bertz CT molecular complexity index is 1420. The Kier molecular flexibility index (Phi) is 5.38. The number of furan rings is 1. The lowest BCUT2D eigenvalue weighted by Gasteiger charge is -2.53. The lowest BCUT2D eigenvalue weighted by molar-refractivity contribution is -0.162. The standard InChI is InChI=1S/C26H26N2O9/c1-9-13-10(12-5-4-8-37-12)6-7-11(29)15(13)20(30)16-14(9)21(31)18-19(28(2)3)22(32)17(25(27)35)24(34)26(18,36)23(16)33/h4-9,14,18-19,21,29,31-33,36H,1-3H3,(H2,27,35)/t9-,14+,18+,19-,21-,26-/m0/s1. The number of aromatic hydroxyl groups is 1. The first-order valence-corrected chi connectivity index (χ1v) is 11.6. The molecule has 3 aliphatic carbocycles. The third kappa shape index (κ3) is 3.02. The van der Waals surface area contributed by atoms with E-state index in [-0.39, 0.29) is 5.56 Å². The van der Waals surface area contributed by atoms with E-state index in [0.29, 0.717) is 16.9 Å². The van der Waals surface area contributed by atoms with Crippen molar-refractivity contribution in [3.8, 4) is 17.1 Å². The molecule has 1 heterocycles. The van der Waals surface area contributed by atoms with Gasteiger partial charge in [0.2, 0.25) is 5.78 Å². The molecular weight excluding hydrogens is 484 g/mol. The highest BCUT2D eigenvalue weighted by Gasteiger charge is 2.67. The van der Waals surface area contributed by atoms with Crippen molar-refractivity contribution < 1.29 is 44.3 Å². The molecule has 11 nitrogen and oxygen atoms in total. The van der Waals surface area contributed by atoms with E-state index in [4.69, 9.17) is 10.2 Å². The van der Waals surface area contributed by atoms with Crippen molar-refractivity contribution in [2.75, 3.05) is 14.1 Å². The second kappa shape index (κ2) is 8.04. The molecule has 1 amide bonds. The average Bonchev–Trinajstić information content (AvgIpc) is 3.36. The molecular formula is C26H26N2O9. The van der Waals surface area contributed by atoms with E-state index in [0.717, 1.165) is 0 Å². The molecule has 1 aromatic heterocycles. The van der Waals surface area contributed by atoms with Gasteiger partial charge in [-0.05, 0) is 49.8 Å². The van der Waals surface area contributed by atoms with Crippen molar-refractivity contribution in [2.24, 2.45) is 17.6 Å². The third-order valence-corrected chi connectivity index (χ3v) is 7.90. The van der Waals surface area contributed by atoms with Crippen LogP contribution in [0.4, 0.5) is 0 Å². The van der Waals surface area contributed by atoms with Gasteiger partial charge in [0.05, 0.1) is 29.9 Å². The first kappa shape index (κ1) is 24.8. The van der Waals surface area contributed by atoms with Crippen molar-refractivity contribution in [2.45, 2.75) is 30.6 Å². The van der Waals surface area contributed by atoms with Crippen molar-refractivity contribution in [3.05, 3.63) is 64.3 Å². The molecule has 194 valence electrons. The Morgan fingerprint density at radius 3 is 2.38 bits per heavy atom. The summed E-state index contributed by atoms with van der Waals surface area (Å²) in [5.74, 6) is -8.95. The summed E-state index contributed by atoms with van der Waals surface area (Å²) in [6.07, 6.45) is -0.222. The number of carbonyl (C=O) groups is 3. The summed E-state index contributed by atoms with van der Waals surface area (Å²) in [7, 11) is 2.97. The number of phenolic OH excluding ortho intramolecular Hbond substituents is 1. The Hall–Kier alpha value is -3.93. The lowest BCUT2D eigenvalue weighted by atomic mass is 9.55. The van der Waals surface area contributed by atoms with Crippen LogP contribution in [0.15, 0.2) is 57.6 Å². The van der Waals surface area contributed by atoms with E-state index in [1.54, 1.807) is 25.1 Å². The molecule has 1 aromatic carbocycles. The summed E-state index contributed by atoms with van der Waals surface area (Å²) in [6.45, 7) is 1.67.